The first-order valence-corrected chi connectivity index (χ1v) is 7.98. The van der Waals surface area contributed by atoms with E-state index in [1.807, 2.05) is 13.0 Å². The molecule has 0 atom stereocenters. The predicted octanol–water partition coefficient (Wildman–Crippen LogP) is 5.73. The monoisotopic (exact) mass is 367 g/mol. The first-order valence-electron chi connectivity index (χ1n) is 6.85. The lowest BCUT2D eigenvalue weighted by Crippen LogP contribution is -2.01. The molecule has 0 bridgehead atoms. The summed E-state index contributed by atoms with van der Waals surface area (Å²) in [5.74, 6) is -0.903. The number of carboxylic acids is 1. The Balaban J connectivity index is 2.31. The van der Waals surface area contributed by atoms with Gasteiger partial charge >= 0.3 is 5.97 Å². The van der Waals surface area contributed by atoms with Crippen molar-refractivity contribution in [2.75, 3.05) is 0 Å². The van der Waals surface area contributed by atoms with Gasteiger partial charge < -0.3 is 10.1 Å². The molecule has 0 saturated carbocycles. The van der Waals surface area contributed by atoms with E-state index in [1.165, 1.54) is 0 Å². The Morgan fingerprint density at radius 1 is 1.09 bits per heavy atom. The van der Waals surface area contributed by atoms with Crippen molar-refractivity contribution in [3.63, 3.8) is 0 Å². The van der Waals surface area contributed by atoms with Crippen molar-refractivity contribution >= 4 is 51.7 Å². The summed E-state index contributed by atoms with van der Waals surface area (Å²) in [6, 6.07) is 8.82. The summed E-state index contributed by atoms with van der Waals surface area (Å²) in [7, 11) is 0. The van der Waals surface area contributed by atoms with E-state index in [9.17, 15) is 9.90 Å². The van der Waals surface area contributed by atoms with E-state index >= 15 is 0 Å². The number of halogens is 3. The molecule has 0 amide bonds. The number of carbonyl (C=O) groups is 1. The molecule has 1 aromatic heterocycles. The number of aromatic nitrogens is 1. The van der Waals surface area contributed by atoms with Crippen LogP contribution >= 0.6 is 34.8 Å². The third-order valence-corrected chi connectivity index (χ3v) is 4.96. The molecule has 3 aromatic rings. The Morgan fingerprint density at radius 3 is 2.43 bits per heavy atom. The van der Waals surface area contributed by atoms with Crippen molar-refractivity contribution in [2.45, 2.75) is 13.3 Å². The van der Waals surface area contributed by atoms with Gasteiger partial charge in [-0.1, -0.05) is 46.9 Å². The van der Waals surface area contributed by atoms with E-state index in [0.29, 0.717) is 26.3 Å². The van der Waals surface area contributed by atoms with Gasteiger partial charge in [0.15, 0.2) is 0 Å². The molecule has 0 saturated heterocycles. The van der Waals surface area contributed by atoms with Gasteiger partial charge in [0.25, 0.3) is 0 Å². The largest absolute Gasteiger partial charge is 0.481 e. The molecule has 3 nitrogen and oxygen atoms in total. The van der Waals surface area contributed by atoms with Crippen molar-refractivity contribution in [1.82, 2.24) is 4.98 Å². The van der Waals surface area contributed by atoms with Crippen LogP contribution in [0, 0.1) is 6.92 Å². The minimum Gasteiger partial charge on any atom is -0.481 e. The van der Waals surface area contributed by atoms with E-state index in [0.717, 1.165) is 22.0 Å². The lowest BCUT2D eigenvalue weighted by molar-refractivity contribution is -0.136. The fourth-order valence-electron chi connectivity index (χ4n) is 2.67. The van der Waals surface area contributed by atoms with E-state index in [2.05, 4.69) is 4.98 Å². The van der Waals surface area contributed by atoms with Crippen LogP contribution in [0.15, 0.2) is 30.3 Å². The number of aryl methyl sites for hydroxylation is 1. The number of hydrogen-bond acceptors (Lipinski definition) is 1. The maximum absolute atomic E-state index is 11.3. The highest BCUT2D eigenvalue weighted by Crippen LogP contribution is 2.36. The number of nitrogens with one attached hydrogen (secondary N) is 1. The third-order valence-electron chi connectivity index (χ3n) is 3.81. The molecule has 0 aliphatic rings. The van der Waals surface area contributed by atoms with Gasteiger partial charge in [0.05, 0.1) is 27.7 Å². The molecule has 0 aliphatic heterocycles. The third kappa shape index (κ3) is 2.92. The maximum atomic E-state index is 11.3. The minimum absolute atomic E-state index is 0.101. The lowest BCUT2D eigenvalue weighted by Gasteiger charge is -2.05. The topological polar surface area (TPSA) is 53.1 Å². The first-order chi connectivity index (χ1) is 10.9. The summed E-state index contributed by atoms with van der Waals surface area (Å²) >= 11 is 18.2. The first kappa shape index (κ1) is 16.2. The van der Waals surface area contributed by atoms with E-state index in [1.54, 1.807) is 24.3 Å². The Labute approximate surface area is 147 Å². The minimum atomic E-state index is -0.903. The van der Waals surface area contributed by atoms with E-state index < -0.39 is 5.97 Å². The summed E-state index contributed by atoms with van der Waals surface area (Å²) < 4.78 is 0. The molecule has 2 aromatic carbocycles. The van der Waals surface area contributed by atoms with Gasteiger partial charge in [0.2, 0.25) is 0 Å². The van der Waals surface area contributed by atoms with Crippen LogP contribution in [0.25, 0.3) is 22.2 Å². The normalized spacial score (nSPS) is 11.1. The Hall–Kier alpha value is -1.68. The number of benzene rings is 2. The number of fused-ring (bicyclic) bond motifs is 1. The maximum Gasteiger partial charge on any atom is 0.307 e. The number of carboxylic acid groups (broad SMARTS) is 1. The number of rotatable bonds is 3. The van der Waals surface area contributed by atoms with Crippen LogP contribution in [0.3, 0.4) is 0 Å². The van der Waals surface area contributed by atoms with Crippen LogP contribution in [0.5, 0.6) is 0 Å². The standard InChI is InChI=1S/C17H12Cl3NO2/c1-8-12(18)5-3-10-11(7-15(22)23)17(21-16(8)10)9-2-4-13(19)14(20)6-9/h2-6,21H,7H2,1H3,(H,22,23). The second-order valence-electron chi connectivity index (χ2n) is 5.27. The smallest absolute Gasteiger partial charge is 0.307 e. The average molecular weight is 369 g/mol. The van der Waals surface area contributed by atoms with E-state index in [-0.39, 0.29) is 6.42 Å². The quantitative estimate of drug-likeness (QED) is 0.620. The van der Waals surface area contributed by atoms with Gasteiger partial charge in [-0.05, 0) is 41.8 Å². The molecule has 3 rings (SSSR count). The molecule has 23 heavy (non-hydrogen) atoms. The molecule has 0 radical (unpaired) electrons. The van der Waals surface area contributed by atoms with Gasteiger partial charge in [-0.25, -0.2) is 0 Å². The second-order valence-corrected chi connectivity index (χ2v) is 6.49. The number of aromatic amines is 1. The summed E-state index contributed by atoms with van der Waals surface area (Å²) in [6.07, 6.45) is -0.101. The van der Waals surface area contributed by atoms with Crippen molar-refractivity contribution in [3.05, 3.63) is 56.5 Å². The van der Waals surface area contributed by atoms with Crippen molar-refractivity contribution in [1.29, 1.82) is 0 Å². The molecule has 0 fully saturated rings. The van der Waals surface area contributed by atoms with Crippen molar-refractivity contribution in [2.24, 2.45) is 0 Å². The lowest BCUT2D eigenvalue weighted by atomic mass is 10.0. The highest BCUT2D eigenvalue weighted by atomic mass is 35.5. The number of H-pyrrole nitrogens is 1. The van der Waals surface area contributed by atoms with Gasteiger partial charge in [-0.3, -0.25) is 4.79 Å². The van der Waals surface area contributed by atoms with Crippen LogP contribution in [0.4, 0.5) is 0 Å². The summed E-state index contributed by atoms with van der Waals surface area (Å²) in [5.41, 5.74) is 3.90. The molecule has 2 N–H and O–H groups in total. The van der Waals surface area contributed by atoms with E-state index in [4.69, 9.17) is 34.8 Å². The van der Waals surface area contributed by atoms with Gasteiger partial charge in [0.1, 0.15) is 0 Å². The average Bonchev–Trinajstić information content (AvgIpc) is 2.85. The SMILES string of the molecule is Cc1c(Cl)ccc2c(CC(=O)O)c(-c3ccc(Cl)c(Cl)c3)[nH]c12. The fraction of sp³-hybridized carbons (Fsp3) is 0.118. The summed E-state index contributed by atoms with van der Waals surface area (Å²) in [6.45, 7) is 1.89. The van der Waals surface area contributed by atoms with Crippen LogP contribution in [-0.4, -0.2) is 16.1 Å². The zero-order valence-electron chi connectivity index (χ0n) is 12.1. The summed E-state index contributed by atoms with van der Waals surface area (Å²) in [4.78, 5) is 14.6. The molecular formula is C17H12Cl3NO2. The number of aliphatic carboxylic acids is 1. The zero-order chi connectivity index (χ0) is 16.7. The molecule has 118 valence electrons. The van der Waals surface area contributed by atoms with Gasteiger partial charge in [-0.2, -0.15) is 0 Å². The molecule has 0 spiro atoms. The zero-order valence-corrected chi connectivity index (χ0v) is 14.4. The second kappa shape index (κ2) is 6.08. The van der Waals surface area contributed by atoms with Crippen LogP contribution < -0.4 is 0 Å². The predicted molar refractivity (Wildman–Crippen MR) is 94.8 cm³/mol. The molecule has 1 heterocycles. The van der Waals surface area contributed by atoms with Crippen molar-refractivity contribution in [3.8, 4) is 11.3 Å². The van der Waals surface area contributed by atoms with Crippen LogP contribution in [-0.2, 0) is 11.2 Å². The highest BCUT2D eigenvalue weighted by molar-refractivity contribution is 6.42. The molecular weight excluding hydrogens is 357 g/mol. The van der Waals surface area contributed by atoms with Crippen LogP contribution in [0.1, 0.15) is 11.1 Å². The number of hydrogen-bond donors (Lipinski definition) is 2. The van der Waals surface area contributed by atoms with Crippen LogP contribution in [0.2, 0.25) is 15.1 Å². The summed E-state index contributed by atoms with van der Waals surface area (Å²) in [5, 5.41) is 11.6. The highest BCUT2D eigenvalue weighted by Gasteiger charge is 2.18. The van der Waals surface area contributed by atoms with Gasteiger partial charge in [-0.15, -0.1) is 0 Å². The molecule has 0 aliphatic carbocycles. The van der Waals surface area contributed by atoms with Gasteiger partial charge in [0, 0.05) is 10.4 Å². The molecule has 6 heteroatoms. The Kier molecular flexibility index (Phi) is 4.28. The Morgan fingerprint density at radius 2 is 1.78 bits per heavy atom. The Bertz CT molecular complexity index is 931. The molecule has 0 unspecified atom stereocenters. The fourth-order valence-corrected chi connectivity index (χ4v) is 3.12. The van der Waals surface area contributed by atoms with Crippen molar-refractivity contribution < 1.29 is 9.90 Å².